The minimum Gasteiger partial charge on any atom is -0.493 e. The molecule has 0 bridgehead atoms. The van der Waals surface area contributed by atoms with Crippen LogP contribution < -0.4 is 14.8 Å². The average Bonchev–Trinajstić information content (AvgIpc) is 3.55. The summed E-state index contributed by atoms with van der Waals surface area (Å²) in [4.78, 5) is 35.3. The van der Waals surface area contributed by atoms with Crippen LogP contribution in [-0.2, 0) is 27.3 Å². The van der Waals surface area contributed by atoms with E-state index in [1.165, 1.54) is 31.5 Å². The Kier molecular flexibility index (Phi) is 7.22. The fraction of sp³-hybridized carbons (Fsp3) is 0.577. The lowest BCUT2D eigenvalue weighted by molar-refractivity contribution is -0.190. The molecule has 0 radical (unpaired) electrons. The first kappa shape index (κ1) is 23.7. The molecule has 2 saturated heterocycles. The molecule has 9 heteroatoms. The molecular weight excluding hydrogens is 448 g/mol. The molecule has 9 nitrogen and oxygen atoms in total. The molecule has 3 aliphatic rings. The summed E-state index contributed by atoms with van der Waals surface area (Å²) in [5.41, 5.74) is 4.23. The second-order valence-corrected chi connectivity index (χ2v) is 9.57. The van der Waals surface area contributed by atoms with Crippen molar-refractivity contribution >= 4 is 29.0 Å². The number of ether oxygens (including phenoxy) is 2. The molecule has 1 atom stereocenters. The number of amides is 1. The van der Waals surface area contributed by atoms with E-state index < -0.39 is 0 Å². The Morgan fingerprint density at radius 2 is 2.00 bits per heavy atom. The van der Waals surface area contributed by atoms with E-state index >= 15 is 0 Å². The highest BCUT2D eigenvalue weighted by Gasteiger charge is 2.29. The molecule has 2 fully saturated rings. The van der Waals surface area contributed by atoms with Gasteiger partial charge in [0.25, 0.3) is 5.91 Å². The summed E-state index contributed by atoms with van der Waals surface area (Å²) < 4.78 is 11.9. The predicted octanol–water partition coefficient (Wildman–Crippen LogP) is 3.09. The standard InChI is InChI=1S/C26H34N4O5/c1-33-23-15-20-22(16-24(23)34-13-5-11-29-9-2-3-10-29)28-21-7-4-6-19(21)26(20)27-18-8-12-30(35-17-31)25(32)14-18/h15-18H,2-14H2,1H3,(H,27,28). The number of aryl methyl sites for hydroxylation is 1. The van der Waals surface area contributed by atoms with Crippen molar-refractivity contribution in [2.24, 2.45) is 0 Å². The number of nitrogens with zero attached hydrogens (tertiary/aromatic N) is 3. The first-order valence-electron chi connectivity index (χ1n) is 12.7. The highest BCUT2D eigenvalue weighted by Crippen LogP contribution is 2.40. The van der Waals surface area contributed by atoms with Crippen LogP contribution >= 0.6 is 0 Å². The van der Waals surface area contributed by atoms with Crippen molar-refractivity contribution in [3.05, 3.63) is 23.4 Å². The van der Waals surface area contributed by atoms with Crippen molar-refractivity contribution in [3.8, 4) is 11.5 Å². The zero-order valence-electron chi connectivity index (χ0n) is 20.4. The van der Waals surface area contributed by atoms with Gasteiger partial charge >= 0.3 is 6.47 Å². The number of piperidine rings is 1. The SMILES string of the molecule is COc1cc2c(NC3CCN(OC=O)C(=O)C3)c3c(nc2cc1OCCCN1CCCC1)CCC3. The number of pyridine rings is 1. The van der Waals surface area contributed by atoms with Gasteiger partial charge in [0.2, 0.25) is 0 Å². The largest absolute Gasteiger partial charge is 0.493 e. The third-order valence-electron chi connectivity index (χ3n) is 7.27. The van der Waals surface area contributed by atoms with E-state index in [0.717, 1.165) is 59.6 Å². The third-order valence-corrected chi connectivity index (χ3v) is 7.27. The molecule has 1 amide bonds. The molecule has 1 N–H and O–H groups in total. The normalized spacial score (nSPS) is 20.2. The summed E-state index contributed by atoms with van der Waals surface area (Å²) in [5.74, 6) is 1.21. The quantitative estimate of drug-likeness (QED) is 0.408. The van der Waals surface area contributed by atoms with Crippen molar-refractivity contribution in [1.29, 1.82) is 0 Å². The first-order chi connectivity index (χ1) is 17.2. The Balaban J connectivity index is 1.36. The lowest BCUT2D eigenvalue weighted by Crippen LogP contribution is -2.43. The van der Waals surface area contributed by atoms with E-state index in [0.29, 0.717) is 37.5 Å². The van der Waals surface area contributed by atoms with E-state index in [-0.39, 0.29) is 18.4 Å². The van der Waals surface area contributed by atoms with Crippen molar-refractivity contribution in [1.82, 2.24) is 14.9 Å². The number of aromatic nitrogens is 1. The molecule has 1 unspecified atom stereocenters. The molecule has 1 aromatic carbocycles. The molecule has 35 heavy (non-hydrogen) atoms. The minimum absolute atomic E-state index is 0.0446. The smallest absolute Gasteiger partial charge is 0.320 e. The van der Waals surface area contributed by atoms with Crippen LogP contribution in [0.1, 0.15) is 49.8 Å². The van der Waals surface area contributed by atoms with Crippen molar-refractivity contribution in [3.63, 3.8) is 0 Å². The maximum Gasteiger partial charge on any atom is 0.320 e. The van der Waals surface area contributed by atoms with Gasteiger partial charge in [-0.15, -0.1) is 0 Å². The zero-order valence-corrected chi connectivity index (χ0v) is 20.4. The Labute approximate surface area is 205 Å². The van der Waals surface area contributed by atoms with Crippen molar-refractivity contribution < 1.29 is 23.9 Å². The second kappa shape index (κ2) is 10.7. The van der Waals surface area contributed by atoms with E-state index in [9.17, 15) is 9.59 Å². The molecule has 0 saturated carbocycles. The monoisotopic (exact) mass is 482 g/mol. The fourth-order valence-electron chi connectivity index (χ4n) is 5.49. The lowest BCUT2D eigenvalue weighted by Gasteiger charge is -2.31. The van der Waals surface area contributed by atoms with Crippen molar-refractivity contribution in [2.45, 2.75) is 57.4 Å². The fourth-order valence-corrected chi connectivity index (χ4v) is 5.49. The molecular formula is C26H34N4O5. The van der Waals surface area contributed by atoms with Gasteiger partial charge in [-0.1, -0.05) is 0 Å². The van der Waals surface area contributed by atoms with Gasteiger partial charge in [0.15, 0.2) is 11.5 Å². The van der Waals surface area contributed by atoms with Crippen LogP contribution in [0.4, 0.5) is 5.69 Å². The Bertz CT molecular complexity index is 1090. The molecule has 1 aromatic heterocycles. The number of anilines is 1. The summed E-state index contributed by atoms with van der Waals surface area (Å²) in [6, 6.07) is 3.95. The number of carbonyl (C=O) groups is 2. The number of hydrogen-bond acceptors (Lipinski definition) is 8. The van der Waals surface area contributed by atoms with Crippen molar-refractivity contribution in [2.75, 3.05) is 45.2 Å². The maximum absolute atomic E-state index is 12.4. The van der Waals surface area contributed by atoms with Crippen LogP contribution in [0.5, 0.6) is 11.5 Å². The van der Waals surface area contributed by atoms with E-state index in [1.807, 2.05) is 12.1 Å². The van der Waals surface area contributed by atoms with Gasteiger partial charge in [-0.3, -0.25) is 14.6 Å². The summed E-state index contributed by atoms with van der Waals surface area (Å²) in [7, 11) is 1.66. The maximum atomic E-state index is 12.4. The van der Waals surface area contributed by atoms with Crippen LogP contribution in [0.15, 0.2) is 12.1 Å². The molecule has 1 aliphatic carbocycles. The summed E-state index contributed by atoms with van der Waals surface area (Å²) >= 11 is 0. The highest BCUT2D eigenvalue weighted by molar-refractivity contribution is 5.96. The summed E-state index contributed by atoms with van der Waals surface area (Å²) in [5, 5.41) is 5.75. The average molecular weight is 483 g/mol. The number of carbonyl (C=O) groups excluding carboxylic acids is 2. The Hall–Kier alpha value is -3.07. The van der Waals surface area contributed by atoms with Crippen LogP contribution in [0, 0.1) is 0 Å². The molecule has 0 spiro atoms. The summed E-state index contributed by atoms with van der Waals surface area (Å²) in [6.07, 6.45) is 7.49. The number of nitrogens with one attached hydrogen (secondary N) is 1. The Morgan fingerprint density at radius 3 is 2.77 bits per heavy atom. The molecule has 5 rings (SSSR count). The van der Waals surface area contributed by atoms with Crippen LogP contribution in [0.25, 0.3) is 10.9 Å². The number of methoxy groups -OCH3 is 1. The predicted molar refractivity (Wildman–Crippen MR) is 132 cm³/mol. The van der Waals surface area contributed by atoms with Gasteiger partial charge < -0.3 is 24.5 Å². The van der Waals surface area contributed by atoms with Crippen LogP contribution in [-0.4, -0.2) is 73.3 Å². The van der Waals surface area contributed by atoms with E-state index in [1.54, 1.807) is 7.11 Å². The number of hydrogen-bond donors (Lipinski definition) is 1. The second-order valence-electron chi connectivity index (χ2n) is 9.57. The molecule has 3 heterocycles. The molecule has 2 aliphatic heterocycles. The minimum atomic E-state index is -0.196. The topological polar surface area (TPSA) is 93.2 Å². The zero-order chi connectivity index (χ0) is 24.2. The van der Waals surface area contributed by atoms with Gasteiger partial charge in [-0.2, -0.15) is 5.06 Å². The first-order valence-corrected chi connectivity index (χ1v) is 12.7. The molecule has 188 valence electrons. The van der Waals surface area contributed by atoms with Gasteiger partial charge in [0.05, 0.1) is 25.8 Å². The van der Waals surface area contributed by atoms with Crippen LogP contribution in [0.2, 0.25) is 0 Å². The number of hydroxylamine groups is 2. The van der Waals surface area contributed by atoms with E-state index in [4.69, 9.17) is 19.3 Å². The van der Waals surface area contributed by atoms with Gasteiger partial charge in [-0.05, 0) is 69.7 Å². The Morgan fingerprint density at radius 1 is 1.14 bits per heavy atom. The lowest BCUT2D eigenvalue weighted by atomic mass is 10.0. The van der Waals surface area contributed by atoms with Crippen LogP contribution in [0.3, 0.4) is 0 Å². The highest BCUT2D eigenvalue weighted by atomic mass is 16.7. The number of rotatable bonds is 10. The third kappa shape index (κ3) is 5.15. The van der Waals surface area contributed by atoms with Gasteiger partial charge in [0, 0.05) is 41.8 Å². The number of likely N-dealkylation sites (tertiary alicyclic amines) is 1. The van der Waals surface area contributed by atoms with Gasteiger partial charge in [0.1, 0.15) is 0 Å². The van der Waals surface area contributed by atoms with E-state index in [2.05, 4.69) is 10.2 Å². The summed E-state index contributed by atoms with van der Waals surface area (Å²) in [6.45, 7) is 4.76. The molecule has 2 aromatic rings. The number of benzene rings is 1. The number of fused-ring (bicyclic) bond motifs is 2. The van der Waals surface area contributed by atoms with Gasteiger partial charge in [-0.25, -0.2) is 0 Å².